The average molecular weight is 293 g/mol. The van der Waals surface area contributed by atoms with E-state index in [0.717, 1.165) is 22.0 Å². The van der Waals surface area contributed by atoms with Crippen molar-refractivity contribution in [2.45, 2.75) is 32.9 Å². The van der Waals surface area contributed by atoms with Crippen molar-refractivity contribution in [3.8, 4) is 0 Å². The van der Waals surface area contributed by atoms with Gasteiger partial charge < -0.3 is 5.11 Å². The highest BCUT2D eigenvalue weighted by molar-refractivity contribution is 6.30. The number of hydrogen-bond acceptors (Lipinski definition) is 3. The molecular weight excluding hydrogens is 276 g/mol. The average Bonchev–Trinajstić information content (AvgIpc) is 2.36. The van der Waals surface area contributed by atoms with Gasteiger partial charge in [-0.2, -0.15) is 0 Å². The molecule has 0 saturated heterocycles. The quantitative estimate of drug-likeness (QED) is 0.850. The third kappa shape index (κ3) is 3.08. The molecule has 0 spiro atoms. The van der Waals surface area contributed by atoms with Gasteiger partial charge in [0.1, 0.15) is 10.7 Å². The number of fused-ring (bicyclic) bond motifs is 1. The van der Waals surface area contributed by atoms with Gasteiger partial charge in [0.05, 0.1) is 5.52 Å². The Hall–Kier alpha value is -1.65. The number of rotatable bonds is 4. The number of pyridine rings is 1. The van der Waals surface area contributed by atoms with E-state index in [4.69, 9.17) is 16.7 Å². The van der Waals surface area contributed by atoms with Gasteiger partial charge in [0.25, 0.3) is 0 Å². The van der Waals surface area contributed by atoms with Crippen LogP contribution in [0.3, 0.4) is 0 Å². The van der Waals surface area contributed by atoms with Crippen molar-refractivity contribution in [1.82, 2.24) is 10.3 Å². The molecule has 4 nitrogen and oxygen atoms in total. The second-order valence-electron chi connectivity index (χ2n) is 5.42. The highest BCUT2D eigenvalue weighted by Crippen LogP contribution is 2.22. The monoisotopic (exact) mass is 292 g/mol. The molecule has 1 aromatic carbocycles. The number of aryl methyl sites for hydroxylation is 1. The zero-order valence-electron chi connectivity index (χ0n) is 11.7. The predicted molar refractivity (Wildman–Crippen MR) is 80.0 cm³/mol. The van der Waals surface area contributed by atoms with E-state index in [-0.39, 0.29) is 0 Å². The van der Waals surface area contributed by atoms with E-state index in [9.17, 15) is 4.79 Å². The maximum absolute atomic E-state index is 11.1. The van der Waals surface area contributed by atoms with Crippen molar-refractivity contribution < 1.29 is 9.90 Å². The molecule has 0 radical (unpaired) electrons. The van der Waals surface area contributed by atoms with E-state index in [1.54, 1.807) is 13.8 Å². The fraction of sp³-hybridized carbons (Fsp3) is 0.333. The van der Waals surface area contributed by atoms with Crippen LogP contribution in [-0.4, -0.2) is 21.6 Å². The SMILES string of the molecule is Cc1ccc2cc(CNC(C)(C)C(=O)O)c(Cl)nc2c1. The molecule has 20 heavy (non-hydrogen) atoms. The Morgan fingerprint density at radius 1 is 1.40 bits per heavy atom. The Morgan fingerprint density at radius 2 is 2.10 bits per heavy atom. The Balaban J connectivity index is 2.29. The Morgan fingerprint density at radius 3 is 2.75 bits per heavy atom. The third-order valence-corrected chi connectivity index (χ3v) is 3.58. The number of carboxylic acid groups (broad SMARTS) is 1. The van der Waals surface area contributed by atoms with Gasteiger partial charge in [0, 0.05) is 17.5 Å². The number of benzene rings is 1. The molecule has 0 aliphatic heterocycles. The highest BCUT2D eigenvalue weighted by Gasteiger charge is 2.26. The molecule has 1 aromatic heterocycles. The lowest BCUT2D eigenvalue weighted by atomic mass is 10.1. The van der Waals surface area contributed by atoms with E-state index >= 15 is 0 Å². The molecule has 0 aliphatic rings. The summed E-state index contributed by atoms with van der Waals surface area (Å²) in [5.74, 6) is -0.905. The van der Waals surface area contributed by atoms with E-state index in [1.807, 2.05) is 31.2 Å². The van der Waals surface area contributed by atoms with Gasteiger partial charge in [-0.05, 0) is 38.5 Å². The number of halogens is 1. The molecule has 2 rings (SSSR count). The van der Waals surface area contributed by atoms with Crippen LogP contribution in [0.1, 0.15) is 25.0 Å². The van der Waals surface area contributed by atoms with Crippen LogP contribution >= 0.6 is 11.6 Å². The van der Waals surface area contributed by atoms with Crippen molar-refractivity contribution in [1.29, 1.82) is 0 Å². The van der Waals surface area contributed by atoms with Crippen molar-refractivity contribution in [2.24, 2.45) is 0 Å². The molecule has 0 aliphatic carbocycles. The topological polar surface area (TPSA) is 62.2 Å². The lowest BCUT2D eigenvalue weighted by Crippen LogP contribution is -2.46. The molecule has 0 amide bonds. The third-order valence-electron chi connectivity index (χ3n) is 3.25. The van der Waals surface area contributed by atoms with E-state index in [0.29, 0.717) is 11.7 Å². The molecule has 1 heterocycles. The van der Waals surface area contributed by atoms with Crippen LogP contribution in [0.2, 0.25) is 5.15 Å². The Bertz CT molecular complexity index is 668. The minimum Gasteiger partial charge on any atom is -0.480 e. The van der Waals surface area contributed by atoms with Gasteiger partial charge in [-0.25, -0.2) is 4.98 Å². The molecule has 106 valence electrons. The van der Waals surface area contributed by atoms with Crippen molar-refractivity contribution in [3.63, 3.8) is 0 Å². The molecule has 0 bridgehead atoms. The summed E-state index contributed by atoms with van der Waals surface area (Å²) in [4.78, 5) is 15.4. The lowest BCUT2D eigenvalue weighted by Gasteiger charge is -2.21. The normalized spacial score (nSPS) is 11.8. The van der Waals surface area contributed by atoms with Crippen LogP contribution in [0.4, 0.5) is 0 Å². The highest BCUT2D eigenvalue weighted by atomic mass is 35.5. The first-order valence-corrected chi connectivity index (χ1v) is 6.71. The summed E-state index contributed by atoms with van der Waals surface area (Å²) < 4.78 is 0. The second-order valence-corrected chi connectivity index (χ2v) is 5.78. The van der Waals surface area contributed by atoms with Crippen molar-refractivity contribution in [3.05, 3.63) is 40.5 Å². The van der Waals surface area contributed by atoms with Gasteiger partial charge in [-0.3, -0.25) is 10.1 Å². The minimum absolute atomic E-state index is 0.356. The molecule has 0 unspecified atom stereocenters. The number of aromatic nitrogens is 1. The largest absolute Gasteiger partial charge is 0.480 e. The minimum atomic E-state index is -1.01. The molecule has 0 fully saturated rings. The van der Waals surface area contributed by atoms with Crippen LogP contribution in [0, 0.1) is 6.92 Å². The molecule has 0 atom stereocenters. The zero-order chi connectivity index (χ0) is 14.9. The fourth-order valence-corrected chi connectivity index (χ4v) is 2.03. The van der Waals surface area contributed by atoms with E-state index in [1.165, 1.54) is 0 Å². The van der Waals surface area contributed by atoms with Crippen molar-refractivity contribution >= 4 is 28.5 Å². The summed E-state index contributed by atoms with van der Waals surface area (Å²) in [5.41, 5.74) is 1.75. The van der Waals surface area contributed by atoms with Crippen molar-refractivity contribution in [2.75, 3.05) is 0 Å². The lowest BCUT2D eigenvalue weighted by molar-refractivity contribution is -0.143. The summed E-state index contributed by atoms with van der Waals surface area (Å²) in [6.45, 7) is 5.58. The Labute approximate surface area is 122 Å². The molecule has 2 N–H and O–H groups in total. The maximum atomic E-state index is 11.1. The van der Waals surface area contributed by atoms with Crippen LogP contribution in [0.25, 0.3) is 10.9 Å². The fourth-order valence-electron chi connectivity index (χ4n) is 1.81. The predicted octanol–water partition coefficient (Wildman–Crippen LogP) is 3.15. The van der Waals surface area contributed by atoms with Crippen LogP contribution in [-0.2, 0) is 11.3 Å². The summed E-state index contributed by atoms with van der Waals surface area (Å²) in [5, 5.41) is 13.4. The number of hydrogen-bond donors (Lipinski definition) is 2. The first-order valence-electron chi connectivity index (χ1n) is 6.34. The summed E-state index contributed by atoms with van der Waals surface area (Å²) in [6, 6.07) is 7.91. The summed E-state index contributed by atoms with van der Waals surface area (Å²) >= 11 is 6.17. The number of carboxylic acids is 1. The smallest absolute Gasteiger partial charge is 0.323 e. The Kier molecular flexibility index (Phi) is 3.97. The van der Waals surface area contributed by atoms with Crippen LogP contribution in [0.5, 0.6) is 0 Å². The second kappa shape index (κ2) is 5.38. The molecule has 5 heteroatoms. The summed E-state index contributed by atoms with van der Waals surface area (Å²) in [7, 11) is 0. The van der Waals surface area contributed by atoms with Gasteiger partial charge in [-0.1, -0.05) is 23.7 Å². The molecule has 2 aromatic rings. The van der Waals surface area contributed by atoms with E-state index in [2.05, 4.69) is 10.3 Å². The van der Waals surface area contributed by atoms with Gasteiger partial charge in [0.2, 0.25) is 0 Å². The molecule has 0 saturated carbocycles. The first kappa shape index (κ1) is 14.8. The van der Waals surface area contributed by atoms with Gasteiger partial charge in [-0.15, -0.1) is 0 Å². The standard InChI is InChI=1S/C15H17ClN2O2/c1-9-4-5-10-7-11(13(16)18-12(10)6-9)8-17-15(2,3)14(19)20/h4-7,17H,8H2,1-3H3,(H,19,20). The first-order chi connectivity index (χ1) is 9.29. The van der Waals surface area contributed by atoms with Gasteiger partial charge >= 0.3 is 5.97 Å². The van der Waals surface area contributed by atoms with Crippen LogP contribution < -0.4 is 5.32 Å². The number of aliphatic carboxylic acids is 1. The maximum Gasteiger partial charge on any atom is 0.323 e. The number of carbonyl (C=O) groups is 1. The molecular formula is C15H17ClN2O2. The number of nitrogens with zero attached hydrogens (tertiary/aromatic N) is 1. The number of nitrogens with one attached hydrogen (secondary N) is 1. The van der Waals surface area contributed by atoms with Gasteiger partial charge in [0.15, 0.2) is 0 Å². The summed E-state index contributed by atoms with van der Waals surface area (Å²) in [6.07, 6.45) is 0. The van der Waals surface area contributed by atoms with E-state index < -0.39 is 11.5 Å². The van der Waals surface area contributed by atoms with Crippen LogP contribution in [0.15, 0.2) is 24.3 Å². The zero-order valence-corrected chi connectivity index (χ0v) is 12.5.